The van der Waals surface area contributed by atoms with Crippen molar-refractivity contribution in [3.05, 3.63) is 47.9 Å². The molecule has 0 aliphatic carbocycles. The first-order valence-corrected chi connectivity index (χ1v) is 6.48. The zero-order valence-electron chi connectivity index (χ0n) is 10.9. The molecule has 6 nitrogen and oxygen atoms in total. The fourth-order valence-electron chi connectivity index (χ4n) is 2.20. The van der Waals surface area contributed by atoms with Crippen molar-refractivity contribution in [2.45, 2.75) is 13.0 Å². The highest BCUT2D eigenvalue weighted by molar-refractivity contribution is 5.99. The number of hydrogen-bond acceptors (Lipinski definition) is 4. The van der Waals surface area contributed by atoms with Crippen molar-refractivity contribution in [3.63, 3.8) is 0 Å². The van der Waals surface area contributed by atoms with Gasteiger partial charge in [-0.2, -0.15) is 0 Å². The summed E-state index contributed by atoms with van der Waals surface area (Å²) in [7, 11) is 0. The van der Waals surface area contributed by atoms with Gasteiger partial charge in [0.15, 0.2) is 5.82 Å². The van der Waals surface area contributed by atoms with Gasteiger partial charge in [0.1, 0.15) is 0 Å². The average Bonchev–Trinajstić information content (AvgIpc) is 2.48. The summed E-state index contributed by atoms with van der Waals surface area (Å²) in [5, 5.41) is 8.76. The molecule has 1 aliphatic heterocycles. The minimum Gasteiger partial charge on any atom is -0.312 e. The standard InChI is InChI=1S/C14H15N5O/c20-14(19-13-9-16-5-6-17-13)18-12-2-1-11-8-15-4-3-10(11)7-12/h1-2,5-7,9,15H,3-4,8H2,(H2,17,18,19,20). The van der Waals surface area contributed by atoms with Crippen LogP contribution in [-0.4, -0.2) is 22.5 Å². The van der Waals surface area contributed by atoms with Gasteiger partial charge in [-0.25, -0.2) is 9.78 Å². The molecule has 102 valence electrons. The molecule has 3 N–H and O–H groups in total. The van der Waals surface area contributed by atoms with Crippen molar-refractivity contribution >= 4 is 17.5 Å². The zero-order valence-corrected chi connectivity index (χ0v) is 10.9. The number of anilines is 2. The van der Waals surface area contributed by atoms with Gasteiger partial charge in [0.2, 0.25) is 0 Å². The van der Waals surface area contributed by atoms with Crippen LogP contribution in [0, 0.1) is 0 Å². The predicted molar refractivity (Wildman–Crippen MR) is 76.5 cm³/mol. The van der Waals surface area contributed by atoms with Gasteiger partial charge < -0.3 is 10.6 Å². The van der Waals surface area contributed by atoms with Crippen molar-refractivity contribution < 1.29 is 4.79 Å². The third kappa shape index (κ3) is 2.92. The molecule has 3 rings (SSSR count). The normalized spacial score (nSPS) is 13.4. The lowest BCUT2D eigenvalue weighted by molar-refractivity contribution is 0.262. The molecular weight excluding hydrogens is 254 g/mol. The number of rotatable bonds is 2. The highest BCUT2D eigenvalue weighted by Gasteiger charge is 2.10. The first-order chi connectivity index (χ1) is 9.81. The Morgan fingerprint density at radius 1 is 1.20 bits per heavy atom. The summed E-state index contributed by atoms with van der Waals surface area (Å²) in [5.41, 5.74) is 3.35. The second-order valence-corrected chi connectivity index (χ2v) is 4.58. The van der Waals surface area contributed by atoms with Crippen molar-refractivity contribution in [2.75, 3.05) is 17.2 Å². The summed E-state index contributed by atoms with van der Waals surface area (Å²) in [4.78, 5) is 19.7. The number of hydrogen-bond donors (Lipinski definition) is 3. The van der Waals surface area contributed by atoms with Crippen LogP contribution in [-0.2, 0) is 13.0 Å². The molecule has 2 aromatic rings. The number of benzene rings is 1. The van der Waals surface area contributed by atoms with Crippen LogP contribution in [0.5, 0.6) is 0 Å². The van der Waals surface area contributed by atoms with E-state index in [0.717, 1.165) is 25.2 Å². The van der Waals surface area contributed by atoms with Crippen LogP contribution in [0.15, 0.2) is 36.8 Å². The third-order valence-electron chi connectivity index (χ3n) is 3.16. The lowest BCUT2D eigenvalue weighted by Gasteiger charge is -2.18. The Kier molecular flexibility index (Phi) is 3.56. The highest BCUT2D eigenvalue weighted by atomic mass is 16.2. The molecule has 0 spiro atoms. The fraction of sp³-hybridized carbons (Fsp3) is 0.214. The number of aromatic nitrogens is 2. The number of amides is 2. The van der Waals surface area contributed by atoms with Crippen LogP contribution in [0.4, 0.5) is 16.3 Å². The number of carbonyl (C=O) groups is 1. The van der Waals surface area contributed by atoms with E-state index in [-0.39, 0.29) is 6.03 Å². The number of carbonyl (C=O) groups excluding carboxylic acids is 1. The number of fused-ring (bicyclic) bond motifs is 1. The Balaban J connectivity index is 1.67. The summed E-state index contributed by atoms with van der Waals surface area (Å²) in [6.45, 7) is 1.86. The van der Waals surface area contributed by atoms with Crippen LogP contribution in [0.25, 0.3) is 0 Å². The van der Waals surface area contributed by atoms with Crippen LogP contribution in [0.1, 0.15) is 11.1 Å². The van der Waals surface area contributed by atoms with Gasteiger partial charge in [0, 0.05) is 24.6 Å². The highest BCUT2D eigenvalue weighted by Crippen LogP contribution is 2.19. The maximum absolute atomic E-state index is 11.8. The molecule has 20 heavy (non-hydrogen) atoms. The van der Waals surface area contributed by atoms with E-state index < -0.39 is 0 Å². The minimum absolute atomic E-state index is 0.320. The monoisotopic (exact) mass is 269 g/mol. The van der Waals surface area contributed by atoms with E-state index >= 15 is 0 Å². The van der Waals surface area contributed by atoms with E-state index in [0.29, 0.717) is 5.82 Å². The van der Waals surface area contributed by atoms with E-state index in [9.17, 15) is 4.79 Å². The van der Waals surface area contributed by atoms with Crippen molar-refractivity contribution in [1.82, 2.24) is 15.3 Å². The van der Waals surface area contributed by atoms with Crippen molar-refractivity contribution in [3.8, 4) is 0 Å². The Morgan fingerprint density at radius 3 is 3.00 bits per heavy atom. The van der Waals surface area contributed by atoms with Crippen LogP contribution in [0.3, 0.4) is 0 Å². The van der Waals surface area contributed by atoms with Crippen LogP contribution in [0.2, 0.25) is 0 Å². The lowest BCUT2D eigenvalue weighted by Crippen LogP contribution is -2.24. The molecular formula is C14H15N5O. The quantitative estimate of drug-likeness (QED) is 0.776. The molecule has 0 saturated heterocycles. The topological polar surface area (TPSA) is 78.9 Å². The molecule has 1 aliphatic rings. The first-order valence-electron chi connectivity index (χ1n) is 6.48. The molecule has 1 aromatic heterocycles. The molecule has 2 amide bonds. The maximum Gasteiger partial charge on any atom is 0.324 e. The molecule has 2 heterocycles. The number of urea groups is 1. The molecule has 0 unspecified atom stereocenters. The molecule has 0 radical (unpaired) electrons. The van der Waals surface area contributed by atoms with Gasteiger partial charge in [-0.3, -0.25) is 10.3 Å². The smallest absolute Gasteiger partial charge is 0.312 e. The molecule has 0 saturated carbocycles. The van der Waals surface area contributed by atoms with Gasteiger partial charge in [-0.15, -0.1) is 0 Å². The van der Waals surface area contributed by atoms with Gasteiger partial charge in [-0.05, 0) is 36.2 Å². The molecule has 0 bridgehead atoms. The Morgan fingerprint density at radius 2 is 2.15 bits per heavy atom. The van der Waals surface area contributed by atoms with Gasteiger partial charge >= 0.3 is 6.03 Å². The first kappa shape index (κ1) is 12.6. The van der Waals surface area contributed by atoms with Gasteiger partial charge in [0.05, 0.1) is 6.20 Å². The van der Waals surface area contributed by atoms with E-state index in [1.807, 2.05) is 18.2 Å². The predicted octanol–water partition coefficient (Wildman–Crippen LogP) is 1.77. The Labute approximate surface area is 116 Å². The Bertz CT molecular complexity index is 614. The Hall–Kier alpha value is -2.47. The van der Waals surface area contributed by atoms with Crippen molar-refractivity contribution in [1.29, 1.82) is 0 Å². The van der Waals surface area contributed by atoms with E-state index in [4.69, 9.17) is 0 Å². The van der Waals surface area contributed by atoms with E-state index in [1.54, 1.807) is 6.20 Å². The fourth-order valence-corrected chi connectivity index (χ4v) is 2.20. The third-order valence-corrected chi connectivity index (χ3v) is 3.16. The largest absolute Gasteiger partial charge is 0.324 e. The lowest BCUT2D eigenvalue weighted by atomic mass is 10.0. The second kappa shape index (κ2) is 5.66. The summed E-state index contributed by atoms with van der Waals surface area (Å²) in [6, 6.07) is 5.65. The second-order valence-electron chi connectivity index (χ2n) is 4.58. The van der Waals surface area contributed by atoms with Crippen molar-refractivity contribution in [2.24, 2.45) is 0 Å². The molecule has 0 atom stereocenters. The van der Waals surface area contributed by atoms with Crippen LogP contribution < -0.4 is 16.0 Å². The van der Waals surface area contributed by atoms with Gasteiger partial charge in [-0.1, -0.05) is 6.07 Å². The van der Waals surface area contributed by atoms with Crippen LogP contribution >= 0.6 is 0 Å². The molecule has 0 fully saturated rings. The average molecular weight is 269 g/mol. The van der Waals surface area contributed by atoms with E-state index in [2.05, 4.69) is 25.9 Å². The molecule has 1 aromatic carbocycles. The maximum atomic E-state index is 11.8. The SMILES string of the molecule is O=C(Nc1ccc2c(c1)CCNC2)Nc1cnccn1. The summed E-state index contributed by atoms with van der Waals surface area (Å²) >= 11 is 0. The number of nitrogens with one attached hydrogen (secondary N) is 3. The number of nitrogens with zero attached hydrogens (tertiary/aromatic N) is 2. The summed E-state index contributed by atoms with van der Waals surface area (Å²) in [6.07, 6.45) is 5.57. The molecule has 6 heteroatoms. The minimum atomic E-state index is -0.320. The zero-order chi connectivity index (χ0) is 13.8. The van der Waals surface area contributed by atoms with Gasteiger partial charge in [0.25, 0.3) is 0 Å². The summed E-state index contributed by atoms with van der Waals surface area (Å²) in [5.74, 6) is 0.423. The summed E-state index contributed by atoms with van der Waals surface area (Å²) < 4.78 is 0. The van der Waals surface area contributed by atoms with E-state index in [1.165, 1.54) is 23.5 Å².